The van der Waals surface area contributed by atoms with Crippen LogP contribution in [0.5, 0.6) is 0 Å². The van der Waals surface area contributed by atoms with Gasteiger partial charge in [-0.2, -0.15) is 0 Å². The van der Waals surface area contributed by atoms with Gasteiger partial charge in [0.2, 0.25) is 0 Å². The van der Waals surface area contributed by atoms with Crippen molar-refractivity contribution < 1.29 is 24.4 Å². The molecular weight excluding hydrogens is 173 g/mol. The molecule has 0 heterocycles. The van der Waals surface area contributed by atoms with Gasteiger partial charge in [0.05, 0.1) is 6.10 Å². The van der Waals surface area contributed by atoms with E-state index in [0.717, 1.165) is 0 Å². The van der Waals surface area contributed by atoms with E-state index >= 15 is 0 Å². The van der Waals surface area contributed by atoms with E-state index in [0.29, 0.717) is 6.42 Å². The number of hydrogen-bond donors (Lipinski definition) is 3. The summed E-state index contributed by atoms with van der Waals surface area (Å²) < 4.78 is 14.3. The number of phosphoric acid groups is 1. The third kappa shape index (κ3) is 13.1. The van der Waals surface area contributed by atoms with E-state index in [1.54, 1.807) is 13.8 Å². The van der Waals surface area contributed by atoms with Gasteiger partial charge in [-0.1, -0.05) is 6.92 Å². The molecule has 1 atom stereocenters. The molecule has 1 unspecified atom stereocenters. The van der Waals surface area contributed by atoms with Gasteiger partial charge in [0, 0.05) is 0 Å². The summed E-state index contributed by atoms with van der Waals surface area (Å²) in [5.41, 5.74) is 0. The zero-order chi connectivity index (χ0) is 7.49. The molecule has 6 nitrogen and oxygen atoms in total. The van der Waals surface area contributed by atoms with E-state index in [2.05, 4.69) is 4.52 Å². The highest BCUT2D eigenvalue weighted by molar-refractivity contribution is 7.46. The van der Waals surface area contributed by atoms with E-state index in [1.807, 2.05) is 0 Å². The lowest BCUT2D eigenvalue weighted by molar-refractivity contribution is 0.142. The largest absolute Gasteiger partial charge is 0.469 e. The maximum atomic E-state index is 10.1. The van der Waals surface area contributed by atoms with Gasteiger partial charge in [-0.15, -0.1) is 0 Å². The van der Waals surface area contributed by atoms with Crippen LogP contribution >= 0.6 is 7.82 Å². The first-order valence-corrected chi connectivity index (χ1v) is 4.22. The highest BCUT2D eigenvalue weighted by atomic mass is 31.2. The fourth-order valence-corrected chi connectivity index (χ4v) is 0.927. The third-order valence-electron chi connectivity index (χ3n) is 0.892. The SMILES string of the molecule is CCC(C)OP(=O)(O)O.N.O. The normalized spacial score (nSPS) is 12.7. The zero-order valence-electron chi connectivity index (χ0n) is 6.65. The summed E-state index contributed by atoms with van der Waals surface area (Å²) in [7, 11) is -4.24. The Labute approximate surface area is 65.7 Å². The maximum Gasteiger partial charge on any atom is 0.469 e. The van der Waals surface area contributed by atoms with E-state index in [-0.39, 0.29) is 17.7 Å². The summed E-state index contributed by atoms with van der Waals surface area (Å²) in [6, 6.07) is 0. The Morgan fingerprint density at radius 1 is 1.55 bits per heavy atom. The smallest absolute Gasteiger partial charge is 0.412 e. The first-order chi connectivity index (χ1) is 3.95. The molecule has 0 fully saturated rings. The van der Waals surface area contributed by atoms with E-state index in [1.165, 1.54) is 0 Å². The molecule has 0 spiro atoms. The minimum absolute atomic E-state index is 0. The van der Waals surface area contributed by atoms with Crippen molar-refractivity contribution in [1.29, 1.82) is 0 Å². The van der Waals surface area contributed by atoms with Crippen molar-refractivity contribution in [3.63, 3.8) is 0 Å². The highest BCUT2D eigenvalue weighted by Gasteiger charge is 2.16. The van der Waals surface area contributed by atoms with Crippen molar-refractivity contribution in [3.8, 4) is 0 Å². The van der Waals surface area contributed by atoms with Crippen LogP contribution in [0.3, 0.4) is 0 Å². The fourth-order valence-electron chi connectivity index (χ4n) is 0.309. The van der Waals surface area contributed by atoms with Gasteiger partial charge < -0.3 is 21.4 Å². The molecule has 0 saturated heterocycles. The van der Waals surface area contributed by atoms with Crippen LogP contribution in [-0.4, -0.2) is 21.4 Å². The van der Waals surface area contributed by atoms with Crippen LogP contribution in [0, 0.1) is 0 Å². The monoisotopic (exact) mass is 189 g/mol. The van der Waals surface area contributed by atoms with Gasteiger partial charge in [-0.05, 0) is 13.3 Å². The Morgan fingerprint density at radius 2 is 1.91 bits per heavy atom. The predicted octanol–water partition coefficient (Wildman–Crippen LogP) is 0.231. The summed E-state index contributed by atoms with van der Waals surface area (Å²) in [4.78, 5) is 16.4. The predicted molar refractivity (Wildman–Crippen MR) is 41.5 cm³/mol. The quantitative estimate of drug-likeness (QED) is 0.546. The summed E-state index contributed by atoms with van der Waals surface area (Å²) in [6.45, 7) is 3.40. The number of hydrogen-bond acceptors (Lipinski definition) is 3. The van der Waals surface area contributed by atoms with Crippen LogP contribution < -0.4 is 6.15 Å². The van der Waals surface area contributed by atoms with Gasteiger partial charge >= 0.3 is 7.82 Å². The Hall–Kier alpha value is 0.0300. The van der Waals surface area contributed by atoms with Crippen LogP contribution in [0.25, 0.3) is 0 Å². The topological polar surface area (TPSA) is 133 Å². The van der Waals surface area contributed by atoms with Crippen molar-refractivity contribution in [2.75, 3.05) is 0 Å². The fraction of sp³-hybridized carbons (Fsp3) is 1.00. The molecule has 7 N–H and O–H groups in total. The van der Waals surface area contributed by atoms with Gasteiger partial charge in [-0.3, -0.25) is 4.52 Å². The second kappa shape index (κ2) is 6.72. The molecule has 0 aromatic rings. The van der Waals surface area contributed by atoms with Crippen molar-refractivity contribution in [2.24, 2.45) is 0 Å². The molecule has 7 heteroatoms. The van der Waals surface area contributed by atoms with E-state index in [9.17, 15) is 4.57 Å². The first-order valence-electron chi connectivity index (χ1n) is 2.69. The molecule has 0 aromatic heterocycles. The summed E-state index contributed by atoms with van der Waals surface area (Å²) in [5.74, 6) is 0. The summed E-state index contributed by atoms with van der Waals surface area (Å²) in [5, 5.41) is 0. The van der Waals surface area contributed by atoms with Crippen LogP contribution in [0.2, 0.25) is 0 Å². The molecule has 0 amide bonds. The lowest BCUT2D eigenvalue weighted by Crippen LogP contribution is -2.03. The average molecular weight is 189 g/mol. The van der Waals surface area contributed by atoms with Crippen molar-refractivity contribution in [1.82, 2.24) is 6.15 Å². The Kier molecular flexibility index (Phi) is 10.5. The molecule has 0 aliphatic rings. The second-order valence-corrected chi connectivity index (χ2v) is 3.01. The highest BCUT2D eigenvalue weighted by Crippen LogP contribution is 2.37. The van der Waals surface area contributed by atoms with Crippen LogP contribution in [-0.2, 0) is 9.09 Å². The maximum absolute atomic E-state index is 10.1. The van der Waals surface area contributed by atoms with Gasteiger partial charge in [0.15, 0.2) is 0 Å². The standard InChI is InChI=1S/C4H11O4P.H3N.H2O/c1-3-4(2)8-9(5,6)7;;/h4H,3H2,1-2H3,(H2,5,6,7);1H3;1H2. The van der Waals surface area contributed by atoms with Crippen LogP contribution in [0.1, 0.15) is 20.3 Å². The Balaban J connectivity index is -0.000000320. The van der Waals surface area contributed by atoms with Gasteiger partial charge in [-0.25, -0.2) is 4.57 Å². The molecule has 0 radical (unpaired) electrons. The first kappa shape index (κ1) is 17.2. The lowest BCUT2D eigenvalue weighted by atomic mass is 10.3. The molecule has 0 aromatic carbocycles. The molecule has 72 valence electrons. The van der Waals surface area contributed by atoms with Crippen LogP contribution in [0.4, 0.5) is 0 Å². The Bertz CT molecular complexity index is 124. The van der Waals surface area contributed by atoms with E-state index in [4.69, 9.17) is 9.79 Å². The molecule has 11 heavy (non-hydrogen) atoms. The van der Waals surface area contributed by atoms with Crippen molar-refractivity contribution in [2.45, 2.75) is 26.4 Å². The molecular formula is C4H16NO5P. The third-order valence-corrected chi connectivity index (χ3v) is 1.53. The van der Waals surface area contributed by atoms with Crippen molar-refractivity contribution in [3.05, 3.63) is 0 Å². The average Bonchev–Trinajstić information content (AvgIpc) is 1.62. The minimum Gasteiger partial charge on any atom is -0.412 e. The molecule has 0 rings (SSSR count). The van der Waals surface area contributed by atoms with Gasteiger partial charge in [0.25, 0.3) is 0 Å². The zero-order valence-corrected chi connectivity index (χ0v) is 7.54. The summed E-state index contributed by atoms with van der Waals surface area (Å²) in [6.07, 6.45) is 0.233. The lowest BCUT2D eigenvalue weighted by Gasteiger charge is -2.09. The molecule has 0 aliphatic heterocycles. The van der Waals surface area contributed by atoms with Crippen molar-refractivity contribution >= 4 is 7.82 Å². The van der Waals surface area contributed by atoms with Gasteiger partial charge in [0.1, 0.15) is 0 Å². The molecule has 0 bridgehead atoms. The molecule has 0 aliphatic carbocycles. The number of rotatable bonds is 3. The second-order valence-electron chi connectivity index (χ2n) is 1.81. The number of phosphoric ester groups is 1. The Morgan fingerprint density at radius 3 is 2.00 bits per heavy atom. The minimum atomic E-state index is -4.24. The molecule has 0 saturated carbocycles. The van der Waals surface area contributed by atoms with E-state index < -0.39 is 7.82 Å². The van der Waals surface area contributed by atoms with Crippen LogP contribution in [0.15, 0.2) is 0 Å². The summed E-state index contributed by atoms with van der Waals surface area (Å²) >= 11 is 0.